The molecule has 0 saturated carbocycles. The molecule has 0 aromatic heterocycles. The van der Waals surface area contributed by atoms with Gasteiger partial charge in [-0.15, -0.1) is 0 Å². The minimum Gasteiger partial charge on any atom is -0.493 e. The third kappa shape index (κ3) is 4.21. The highest BCUT2D eigenvalue weighted by molar-refractivity contribution is 6.30. The van der Waals surface area contributed by atoms with Crippen LogP contribution < -0.4 is 14.8 Å². The maximum atomic E-state index is 12.9. The lowest BCUT2D eigenvalue weighted by Crippen LogP contribution is -2.50. The molecule has 2 aliphatic heterocycles. The van der Waals surface area contributed by atoms with Crippen LogP contribution in [0.25, 0.3) is 0 Å². The number of piperidine rings is 1. The molecule has 2 fully saturated rings. The molecule has 2 aromatic carbocycles. The lowest BCUT2D eigenvalue weighted by Gasteiger charge is -2.39. The second-order valence-electron chi connectivity index (χ2n) is 7.87. The van der Waals surface area contributed by atoms with Crippen LogP contribution in [0.15, 0.2) is 42.5 Å². The number of halogens is 1. The van der Waals surface area contributed by atoms with E-state index in [1.807, 2.05) is 18.2 Å². The molecule has 4 rings (SSSR count). The molecule has 154 valence electrons. The molecule has 1 N–H and O–H groups in total. The van der Waals surface area contributed by atoms with Crippen LogP contribution in [0.5, 0.6) is 11.5 Å². The predicted molar refractivity (Wildman–Crippen MR) is 114 cm³/mol. The van der Waals surface area contributed by atoms with E-state index in [0.29, 0.717) is 29.1 Å². The molecule has 5 nitrogen and oxygen atoms in total. The average molecular weight is 415 g/mol. The first kappa shape index (κ1) is 20.0. The second kappa shape index (κ2) is 8.64. The normalized spacial score (nSPS) is 23.6. The number of carbonyl (C=O) groups excluding carboxylic acids is 1. The maximum Gasteiger partial charge on any atom is 0.255 e. The number of benzene rings is 2. The van der Waals surface area contributed by atoms with Gasteiger partial charge in [0.1, 0.15) is 0 Å². The molecule has 0 aliphatic carbocycles. The summed E-state index contributed by atoms with van der Waals surface area (Å²) >= 11 is 6.01. The van der Waals surface area contributed by atoms with Crippen molar-refractivity contribution < 1.29 is 14.3 Å². The zero-order valence-electron chi connectivity index (χ0n) is 16.9. The Morgan fingerprint density at radius 3 is 2.38 bits per heavy atom. The van der Waals surface area contributed by atoms with E-state index in [9.17, 15) is 4.79 Å². The van der Waals surface area contributed by atoms with Crippen molar-refractivity contribution in [2.45, 2.75) is 50.4 Å². The Balaban J connectivity index is 1.41. The number of hydrogen-bond donors (Lipinski definition) is 1. The van der Waals surface area contributed by atoms with E-state index in [4.69, 9.17) is 21.1 Å². The number of para-hydroxylation sites is 1. The number of methoxy groups -OCH3 is 2. The first-order valence-corrected chi connectivity index (χ1v) is 10.5. The molecule has 2 aromatic rings. The van der Waals surface area contributed by atoms with Gasteiger partial charge in [0.25, 0.3) is 5.91 Å². The van der Waals surface area contributed by atoms with Crippen molar-refractivity contribution in [3.8, 4) is 11.5 Å². The van der Waals surface area contributed by atoms with E-state index < -0.39 is 0 Å². The van der Waals surface area contributed by atoms with Crippen molar-refractivity contribution in [1.82, 2.24) is 10.2 Å². The number of hydrogen-bond acceptors (Lipinski definition) is 4. The van der Waals surface area contributed by atoms with Crippen molar-refractivity contribution in [2.24, 2.45) is 0 Å². The standard InChI is InChI=1S/C23H27ClN2O3/c1-28-21-5-3-4-20(22(21)29-2)23(27)25-17-12-18-10-11-19(13-17)26(18)14-15-6-8-16(24)9-7-15/h3-9,17-19H,10-14H2,1-2H3,(H,25,27)/t17?,18-,19+. The van der Waals surface area contributed by atoms with E-state index in [-0.39, 0.29) is 11.9 Å². The summed E-state index contributed by atoms with van der Waals surface area (Å²) in [4.78, 5) is 15.5. The molecule has 2 saturated heterocycles. The van der Waals surface area contributed by atoms with Crippen molar-refractivity contribution in [2.75, 3.05) is 14.2 Å². The Kier molecular flexibility index (Phi) is 5.97. The number of nitrogens with zero attached hydrogens (tertiary/aromatic N) is 1. The van der Waals surface area contributed by atoms with Gasteiger partial charge in [0.2, 0.25) is 0 Å². The fourth-order valence-electron chi connectivity index (χ4n) is 4.78. The molecular weight excluding hydrogens is 388 g/mol. The van der Waals surface area contributed by atoms with Crippen LogP contribution in [0.1, 0.15) is 41.6 Å². The van der Waals surface area contributed by atoms with Crippen molar-refractivity contribution in [1.29, 1.82) is 0 Å². The van der Waals surface area contributed by atoms with Gasteiger partial charge >= 0.3 is 0 Å². The lowest BCUT2D eigenvalue weighted by molar-refractivity contribution is 0.0825. The molecule has 1 unspecified atom stereocenters. The van der Waals surface area contributed by atoms with Gasteiger partial charge in [-0.05, 0) is 55.5 Å². The third-order valence-electron chi connectivity index (χ3n) is 6.15. The van der Waals surface area contributed by atoms with Gasteiger partial charge in [-0.1, -0.05) is 29.8 Å². The summed E-state index contributed by atoms with van der Waals surface area (Å²) in [5, 5.41) is 4.00. The first-order chi connectivity index (χ1) is 14.1. The maximum absolute atomic E-state index is 12.9. The molecule has 6 heteroatoms. The number of ether oxygens (including phenoxy) is 2. The molecular formula is C23H27ClN2O3. The zero-order valence-corrected chi connectivity index (χ0v) is 17.6. The summed E-state index contributed by atoms with van der Waals surface area (Å²) in [6.45, 7) is 0.941. The summed E-state index contributed by atoms with van der Waals surface area (Å²) in [7, 11) is 3.14. The highest BCUT2D eigenvalue weighted by Gasteiger charge is 2.41. The zero-order chi connectivity index (χ0) is 20.4. The summed E-state index contributed by atoms with van der Waals surface area (Å²) in [5.74, 6) is 0.949. The lowest BCUT2D eigenvalue weighted by atomic mass is 9.96. The summed E-state index contributed by atoms with van der Waals surface area (Å²) in [5.41, 5.74) is 1.80. The van der Waals surface area contributed by atoms with Gasteiger partial charge in [-0.25, -0.2) is 0 Å². The average Bonchev–Trinajstić information content (AvgIpc) is 2.96. The van der Waals surface area contributed by atoms with Crippen LogP contribution >= 0.6 is 11.6 Å². The van der Waals surface area contributed by atoms with Gasteiger partial charge < -0.3 is 14.8 Å². The fourth-order valence-corrected chi connectivity index (χ4v) is 4.91. The van der Waals surface area contributed by atoms with Crippen LogP contribution in [0.3, 0.4) is 0 Å². The first-order valence-electron chi connectivity index (χ1n) is 10.1. The summed E-state index contributed by atoms with van der Waals surface area (Å²) < 4.78 is 10.7. The van der Waals surface area contributed by atoms with Crippen LogP contribution in [0.4, 0.5) is 0 Å². The highest BCUT2D eigenvalue weighted by Crippen LogP contribution is 2.37. The molecule has 2 bridgehead atoms. The van der Waals surface area contributed by atoms with Gasteiger partial charge in [-0.2, -0.15) is 0 Å². The Labute approximate surface area is 176 Å². The second-order valence-corrected chi connectivity index (χ2v) is 8.30. The van der Waals surface area contributed by atoms with E-state index in [1.54, 1.807) is 26.4 Å². The monoisotopic (exact) mass is 414 g/mol. The number of carbonyl (C=O) groups is 1. The molecule has 3 atom stereocenters. The Hall–Kier alpha value is -2.24. The van der Waals surface area contributed by atoms with E-state index >= 15 is 0 Å². The van der Waals surface area contributed by atoms with Crippen LogP contribution in [0.2, 0.25) is 5.02 Å². The summed E-state index contributed by atoms with van der Waals surface area (Å²) in [6, 6.07) is 14.7. The summed E-state index contributed by atoms with van der Waals surface area (Å²) in [6.07, 6.45) is 4.32. The Bertz CT molecular complexity index is 857. The molecule has 2 aliphatic rings. The largest absolute Gasteiger partial charge is 0.493 e. The molecule has 2 heterocycles. The quantitative estimate of drug-likeness (QED) is 0.766. The van der Waals surface area contributed by atoms with Gasteiger partial charge in [-0.3, -0.25) is 9.69 Å². The number of fused-ring (bicyclic) bond motifs is 2. The molecule has 29 heavy (non-hydrogen) atoms. The predicted octanol–water partition coefficient (Wildman–Crippen LogP) is 4.28. The van der Waals surface area contributed by atoms with Gasteiger partial charge in [0.15, 0.2) is 11.5 Å². The van der Waals surface area contributed by atoms with Crippen LogP contribution in [-0.4, -0.2) is 43.2 Å². The van der Waals surface area contributed by atoms with Gasteiger partial charge in [0, 0.05) is 29.7 Å². The SMILES string of the molecule is COc1cccc(C(=O)NC2C[C@H]3CC[C@@H](C2)N3Cc2ccc(Cl)cc2)c1OC. The number of rotatable bonds is 6. The molecule has 1 amide bonds. The van der Waals surface area contributed by atoms with E-state index in [2.05, 4.69) is 22.3 Å². The van der Waals surface area contributed by atoms with Crippen molar-refractivity contribution in [3.05, 3.63) is 58.6 Å². The minimum absolute atomic E-state index is 0.101. The highest BCUT2D eigenvalue weighted by atomic mass is 35.5. The topological polar surface area (TPSA) is 50.8 Å². The third-order valence-corrected chi connectivity index (χ3v) is 6.40. The van der Waals surface area contributed by atoms with Gasteiger partial charge in [0.05, 0.1) is 19.8 Å². The molecule has 0 spiro atoms. The Morgan fingerprint density at radius 1 is 1.07 bits per heavy atom. The van der Waals surface area contributed by atoms with Crippen molar-refractivity contribution in [3.63, 3.8) is 0 Å². The fraction of sp³-hybridized carbons (Fsp3) is 0.435. The van der Waals surface area contributed by atoms with E-state index in [0.717, 1.165) is 24.4 Å². The van der Waals surface area contributed by atoms with Crippen molar-refractivity contribution >= 4 is 17.5 Å². The Morgan fingerprint density at radius 2 is 1.76 bits per heavy atom. The minimum atomic E-state index is -0.101. The number of nitrogens with one attached hydrogen (secondary N) is 1. The van der Waals surface area contributed by atoms with Crippen LogP contribution in [0, 0.1) is 0 Å². The molecule has 0 radical (unpaired) electrons. The van der Waals surface area contributed by atoms with E-state index in [1.165, 1.54) is 18.4 Å². The number of amides is 1. The van der Waals surface area contributed by atoms with Crippen LogP contribution in [-0.2, 0) is 6.54 Å². The smallest absolute Gasteiger partial charge is 0.255 e.